The number of carboxylic acids is 1. The maximum absolute atomic E-state index is 12.3. The number of nitrogens with two attached hydrogens (primary N) is 2. The van der Waals surface area contributed by atoms with Gasteiger partial charge in [-0.05, 0) is 12.8 Å². The Morgan fingerprint density at radius 3 is 2.74 bits per heavy atom. The first-order valence-electron chi connectivity index (χ1n) is 9.46. The number of carboxylic acid groups (broad SMARTS) is 1. The maximum Gasteiger partial charge on any atom is 0.323 e. The second-order valence-corrected chi connectivity index (χ2v) is 7.23. The predicted octanol–water partition coefficient (Wildman–Crippen LogP) is -2.54. The number of esters is 1. The molecular weight excluding hydrogens is 416 g/mol. The van der Waals surface area contributed by atoms with E-state index in [1.54, 1.807) is 0 Å². The van der Waals surface area contributed by atoms with Gasteiger partial charge in [-0.1, -0.05) is 0 Å². The molecule has 1 aliphatic rings. The number of nitrogen functional groups attached to an aromatic ring is 1. The van der Waals surface area contributed by atoms with Gasteiger partial charge in [0.2, 0.25) is 5.95 Å². The standard InChI is InChI=1S/C17H24N6O8/c1-22-14(28)10-13(21-17(22)19)23(6-20-10)15-12(27)11(26)8(31-15)5-30-16(29)7(18)3-2-4-9(24)25/h6-8,11-12,15,26-27H,2-5,18H2,1H3,(H2,19,21)(H,24,25)/t7?,8-,11-,12-,15-/m1/s1. The van der Waals surface area contributed by atoms with Crippen LogP contribution in [0.3, 0.4) is 0 Å². The second-order valence-electron chi connectivity index (χ2n) is 7.23. The number of ether oxygens (including phenoxy) is 2. The Morgan fingerprint density at radius 1 is 1.35 bits per heavy atom. The van der Waals surface area contributed by atoms with E-state index in [0.29, 0.717) is 0 Å². The molecule has 3 rings (SSSR count). The Hall–Kier alpha value is -3.07. The van der Waals surface area contributed by atoms with Gasteiger partial charge in [-0.2, -0.15) is 4.98 Å². The van der Waals surface area contributed by atoms with E-state index in [2.05, 4.69) is 9.97 Å². The van der Waals surface area contributed by atoms with Gasteiger partial charge >= 0.3 is 11.9 Å². The first-order chi connectivity index (χ1) is 14.6. The van der Waals surface area contributed by atoms with Gasteiger partial charge in [0.15, 0.2) is 17.4 Å². The Kier molecular flexibility index (Phi) is 6.54. The molecule has 0 aliphatic carbocycles. The predicted molar refractivity (Wildman–Crippen MR) is 104 cm³/mol. The summed E-state index contributed by atoms with van der Waals surface area (Å²) in [5.41, 5.74) is 11.0. The van der Waals surface area contributed by atoms with Crippen LogP contribution in [0.15, 0.2) is 11.1 Å². The van der Waals surface area contributed by atoms with Crippen molar-refractivity contribution in [3.05, 3.63) is 16.7 Å². The lowest BCUT2D eigenvalue weighted by atomic mass is 10.1. The van der Waals surface area contributed by atoms with Gasteiger partial charge in [0.05, 0.1) is 6.33 Å². The molecule has 0 spiro atoms. The first-order valence-corrected chi connectivity index (χ1v) is 9.46. The molecule has 7 N–H and O–H groups in total. The van der Waals surface area contributed by atoms with Crippen molar-refractivity contribution >= 4 is 29.1 Å². The number of hydrogen-bond donors (Lipinski definition) is 5. The number of carbonyl (C=O) groups excluding carboxylic acids is 1. The molecule has 170 valence electrons. The fourth-order valence-corrected chi connectivity index (χ4v) is 3.21. The van der Waals surface area contributed by atoms with Gasteiger partial charge in [-0.3, -0.25) is 23.5 Å². The molecule has 0 bridgehead atoms. The maximum atomic E-state index is 12.3. The van der Waals surface area contributed by atoms with Gasteiger partial charge in [0.25, 0.3) is 5.56 Å². The summed E-state index contributed by atoms with van der Waals surface area (Å²) in [7, 11) is 1.44. The highest BCUT2D eigenvalue weighted by atomic mass is 16.6. The number of aliphatic carboxylic acids is 1. The van der Waals surface area contributed by atoms with Gasteiger partial charge in [-0.15, -0.1) is 0 Å². The highest BCUT2D eigenvalue weighted by Crippen LogP contribution is 2.31. The summed E-state index contributed by atoms with van der Waals surface area (Å²) in [6, 6.07) is -1.03. The molecule has 0 radical (unpaired) electrons. The van der Waals surface area contributed by atoms with Crippen LogP contribution >= 0.6 is 0 Å². The zero-order valence-corrected chi connectivity index (χ0v) is 16.6. The van der Waals surface area contributed by atoms with E-state index < -0.39 is 54.7 Å². The van der Waals surface area contributed by atoms with Crippen molar-refractivity contribution in [2.45, 2.75) is 49.8 Å². The van der Waals surface area contributed by atoms with E-state index in [4.69, 9.17) is 26.0 Å². The summed E-state index contributed by atoms with van der Waals surface area (Å²) in [4.78, 5) is 42.8. The second kappa shape index (κ2) is 8.97. The highest BCUT2D eigenvalue weighted by Gasteiger charge is 2.45. The van der Waals surface area contributed by atoms with E-state index in [0.717, 1.165) is 4.57 Å². The number of nitrogens with zero attached hydrogens (tertiary/aromatic N) is 4. The van der Waals surface area contributed by atoms with Crippen LogP contribution in [0.1, 0.15) is 25.5 Å². The third-order valence-corrected chi connectivity index (χ3v) is 5.05. The van der Waals surface area contributed by atoms with Crippen LogP contribution in [0.4, 0.5) is 5.95 Å². The van der Waals surface area contributed by atoms with E-state index in [1.807, 2.05) is 0 Å². The normalized spacial score (nSPS) is 24.4. The molecule has 14 nitrogen and oxygen atoms in total. The minimum absolute atomic E-state index is 0.00389. The van der Waals surface area contributed by atoms with E-state index >= 15 is 0 Å². The minimum Gasteiger partial charge on any atom is -0.481 e. The van der Waals surface area contributed by atoms with Crippen LogP contribution in [0.2, 0.25) is 0 Å². The molecule has 3 heterocycles. The summed E-state index contributed by atoms with van der Waals surface area (Å²) < 4.78 is 13.1. The summed E-state index contributed by atoms with van der Waals surface area (Å²) >= 11 is 0. The Morgan fingerprint density at radius 2 is 2.06 bits per heavy atom. The van der Waals surface area contributed by atoms with Crippen molar-refractivity contribution in [1.29, 1.82) is 0 Å². The van der Waals surface area contributed by atoms with Crippen molar-refractivity contribution < 1.29 is 34.4 Å². The molecule has 1 unspecified atom stereocenters. The number of imidazole rings is 1. The number of aromatic nitrogens is 4. The number of rotatable bonds is 8. The molecule has 0 amide bonds. The summed E-state index contributed by atoms with van der Waals surface area (Å²) in [5, 5.41) is 29.3. The van der Waals surface area contributed by atoms with E-state index in [1.165, 1.54) is 17.9 Å². The largest absolute Gasteiger partial charge is 0.481 e. The number of anilines is 1. The Bertz CT molecular complexity index is 1040. The van der Waals surface area contributed by atoms with Crippen molar-refractivity contribution in [2.24, 2.45) is 12.8 Å². The highest BCUT2D eigenvalue weighted by molar-refractivity contribution is 5.75. The topological polar surface area (TPSA) is 218 Å². The average molecular weight is 440 g/mol. The fraction of sp³-hybridized carbons (Fsp3) is 0.588. The quantitative estimate of drug-likeness (QED) is 0.268. The van der Waals surface area contributed by atoms with Gasteiger partial charge in [-0.25, -0.2) is 4.98 Å². The van der Waals surface area contributed by atoms with E-state index in [-0.39, 0.29) is 36.4 Å². The number of fused-ring (bicyclic) bond motifs is 1. The number of aliphatic hydroxyl groups is 2. The molecule has 5 atom stereocenters. The Labute approximate surface area is 175 Å². The first kappa shape index (κ1) is 22.6. The lowest BCUT2D eigenvalue weighted by Crippen LogP contribution is -2.38. The van der Waals surface area contributed by atoms with Crippen LogP contribution in [0, 0.1) is 0 Å². The van der Waals surface area contributed by atoms with Gasteiger partial charge in [0.1, 0.15) is 31.0 Å². The number of hydrogen-bond acceptors (Lipinski definition) is 11. The number of carbonyl (C=O) groups is 2. The van der Waals surface area contributed by atoms with Crippen molar-refractivity contribution in [3.8, 4) is 0 Å². The average Bonchev–Trinajstić information content (AvgIpc) is 3.25. The van der Waals surface area contributed by atoms with Crippen LogP contribution in [0.5, 0.6) is 0 Å². The van der Waals surface area contributed by atoms with Gasteiger partial charge < -0.3 is 36.3 Å². The molecule has 2 aromatic rings. The lowest BCUT2D eigenvalue weighted by molar-refractivity contribution is -0.152. The zero-order valence-electron chi connectivity index (χ0n) is 16.6. The van der Waals surface area contributed by atoms with Crippen LogP contribution in [-0.2, 0) is 26.1 Å². The molecule has 14 heteroatoms. The molecule has 0 aromatic carbocycles. The monoisotopic (exact) mass is 440 g/mol. The minimum atomic E-state index is -1.43. The Balaban J connectivity index is 1.67. The molecule has 2 aromatic heterocycles. The molecule has 0 saturated carbocycles. The van der Waals surface area contributed by atoms with Crippen molar-refractivity contribution in [1.82, 2.24) is 19.1 Å². The fourth-order valence-electron chi connectivity index (χ4n) is 3.21. The van der Waals surface area contributed by atoms with Crippen LogP contribution < -0.4 is 17.0 Å². The SMILES string of the molecule is Cn1c(N)nc2c(ncn2[C@@H]2O[C@H](COC(=O)C(N)CCCC(=O)O)[C@@H](O)[C@H]2O)c1=O. The van der Waals surface area contributed by atoms with Crippen molar-refractivity contribution in [2.75, 3.05) is 12.3 Å². The number of aliphatic hydroxyl groups excluding tert-OH is 2. The molecule has 1 saturated heterocycles. The lowest BCUT2D eigenvalue weighted by Gasteiger charge is -2.17. The van der Waals surface area contributed by atoms with Gasteiger partial charge in [0, 0.05) is 13.5 Å². The third-order valence-electron chi connectivity index (χ3n) is 5.05. The zero-order chi connectivity index (χ0) is 22.9. The molecule has 1 fully saturated rings. The summed E-state index contributed by atoms with van der Waals surface area (Å²) in [5.74, 6) is -1.86. The summed E-state index contributed by atoms with van der Waals surface area (Å²) in [6.07, 6.45) is -3.67. The smallest absolute Gasteiger partial charge is 0.323 e. The molecule has 1 aliphatic heterocycles. The van der Waals surface area contributed by atoms with E-state index in [9.17, 15) is 24.6 Å². The molecular formula is C17H24N6O8. The third kappa shape index (κ3) is 4.51. The van der Waals surface area contributed by atoms with Crippen LogP contribution in [0.25, 0.3) is 11.2 Å². The van der Waals surface area contributed by atoms with Crippen LogP contribution in [-0.4, -0.2) is 77.3 Å². The van der Waals surface area contributed by atoms with Crippen molar-refractivity contribution in [3.63, 3.8) is 0 Å². The summed E-state index contributed by atoms with van der Waals surface area (Å²) in [6.45, 7) is -0.399. The molecule has 31 heavy (non-hydrogen) atoms.